The Morgan fingerprint density at radius 3 is 2.79 bits per heavy atom. The minimum absolute atomic E-state index is 0.0710. The molecule has 1 atom stereocenters. The van der Waals surface area contributed by atoms with E-state index in [0.29, 0.717) is 23.1 Å². The first-order chi connectivity index (χ1) is 13.6. The lowest BCUT2D eigenvalue weighted by molar-refractivity contribution is -0.113. The third-order valence-corrected chi connectivity index (χ3v) is 5.85. The van der Waals surface area contributed by atoms with Gasteiger partial charge in [-0.15, -0.1) is 11.8 Å². The van der Waals surface area contributed by atoms with Crippen LogP contribution in [-0.4, -0.2) is 40.6 Å². The molecule has 0 saturated carbocycles. The number of aryl methyl sites for hydroxylation is 1. The van der Waals surface area contributed by atoms with Crippen LogP contribution in [0.5, 0.6) is 11.5 Å². The molecule has 1 aliphatic heterocycles. The Labute approximate surface area is 167 Å². The lowest BCUT2D eigenvalue weighted by Gasteiger charge is -2.19. The molecule has 28 heavy (non-hydrogen) atoms. The maximum atomic E-state index is 12.4. The van der Waals surface area contributed by atoms with Gasteiger partial charge in [0.2, 0.25) is 5.91 Å². The van der Waals surface area contributed by atoms with Crippen molar-refractivity contribution in [2.24, 2.45) is 0 Å². The van der Waals surface area contributed by atoms with E-state index >= 15 is 0 Å². The number of benzene rings is 1. The largest absolute Gasteiger partial charge is 0.497 e. The SMILES string of the molecule is COc1ccc([C@@H]2SCC(=O)Nc3c2c(C)nn3-c2ccccn2)c(OC)c1. The molecule has 1 aromatic carbocycles. The fraction of sp³-hybridized carbons (Fsp3) is 0.250. The Kier molecular flexibility index (Phi) is 4.95. The molecule has 0 aliphatic carbocycles. The number of aromatic nitrogens is 3. The van der Waals surface area contributed by atoms with Crippen LogP contribution in [0.3, 0.4) is 0 Å². The molecule has 0 bridgehead atoms. The van der Waals surface area contributed by atoms with Crippen molar-refractivity contribution in [3.05, 3.63) is 59.4 Å². The topological polar surface area (TPSA) is 78.3 Å². The van der Waals surface area contributed by atoms with Crippen LogP contribution in [0.1, 0.15) is 22.1 Å². The van der Waals surface area contributed by atoms with Gasteiger partial charge in [0.25, 0.3) is 0 Å². The van der Waals surface area contributed by atoms with Crippen LogP contribution in [0, 0.1) is 6.92 Å². The smallest absolute Gasteiger partial charge is 0.235 e. The molecule has 3 heterocycles. The van der Waals surface area contributed by atoms with Gasteiger partial charge in [-0.2, -0.15) is 9.78 Å². The van der Waals surface area contributed by atoms with Crippen LogP contribution in [0.25, 0.3) is 5.82 Å². The van der Waals surface area contributed by atoms with Gasteiger partial charge in [-0.1, -0.05) is 12.1 Å². The highest BCUT2D eigenvalue weighted by Crippen LogP contribution is 2.47. The van der Waals surface area contributed by atoms with Crippen LogP contribution < -0.4 is 14.8 Å². The molecule has 7 nitrogen and oxygen atoms in total. The number of rotatable bonds is 4. The second-order valence-electron chi connectivity index (χ2n) is 6.29. The van der Waals surface area contributed by atoms with Gasteiger partial charge >= 0.3 is 0 Å². The molecular formula is C20H20N4O3S. The van der Waals surface area contributed by atoms with Gasteiger partial charge in [0.1, 0.15) is 17.3 Å². The molecule has 4 rings (SSSR count). The number of methoxy groups -OCH3 is 2. The lowest BCUT2D eigenvalue weighted by atomic mass is 10.0. The summed E-state index contributed by atoms with van der Waals surface area (Å²) in [5.41, 5.74) is 2.75. The predicted molar refractivity (Wildman–Crippen MR) is 109 cm³/mol. The first-order valence-corrected chi connectivity index (χ1v) is 9.81. The summed E-state index contributed by atoms with van der Waals surface area (Å²) in [7, 11) is 3.25. The van der Waals surface area contributed by atoms with Gasteiger partial charge in [0, 0.05) is 23.4 Å². The minimum atomic E-state index is -0.118. The normalized spacial score (nSPS) is 16.1. The summed E-state index contributed by atoms with van der Waals surface area (Å²) in [5.74, 6) is 2.99. The van der Waals surface area contributed by atoms with E-state index in [1.165, 1.54) is 0 Å². The zero-order chi connectivity index (χ0) is 19.7. The quantitative estimate of drug-likeness (QED) is 0.729. The summed E-state index contributed by atoms with van der Waals surface area (Å²) in [6, 6.07) is 11.3. The van der Waals surface area contributed by atoms with Crippen LogP contribution in [0.2, 0.25) is 0 Å². The monoisotopic (exact) mass is 396 g/mol. The van der Waals surface area contributed by atoms with Crippen LogP contribution in [-0.2, 0) is 4.79 Å². The number of nitrogens with one attached hydrogen (secondary N) is 1. The average molecular weight is 396 g/mol. The van der Waals surface area contributed by atoms with Crippen LogP contribution >= 0.6 is 11.8 Å². The molecule has 0 radical (unpaired) electrons. The van der Waals surface area contributed by atoms with E-state index in [0.717, 1.165) is 22.6 Å². The molecule has 0 unspecified atom stereocenters. The second kappa shape index (κ2) is 7.55. The summed E-state index contributed by atoms with van der Waals surface area (Å²) >= 11 is 1.55. The second-order valence-corrected chi connectivity index (χ2v) is 7.39. The zero-order valence-corrected chi connectivity index (χ0v) is 16.6. The van der Waals surface area contributed by atoms with Gasteiger partial charge in [-0.25, -0.2) is 4.98 Å². The van der Waals surface area contributed by atoms with Crippen LogP contribution in [0.15, 0.2) is 42.6 Å². The summed E-state index contributed by atoms with van der Waals surface area (Å²) < 4.78 is 12.6. The number of thioether (sulfide) groups is 1. The van der Waals surface area contributed by atoms with Gasteiger partial charge in [0.15, 0.2) is 5.82 Å². The highest BCUT2D eigenvalue weighted by atomic mass is 32.2. The Morgan fingerprint density at radius 1 is 1.21 bits per heavy atom. The van der Waals surface area contributed by atoms with Crippen LogP contribution in [0.4, 0.5) is 5.82 Å². The molecule has 3 aromatic rings. The summed E-state index contributed by atoms with van der Waals surface area (Å²) in [6.07, 6.45) is 1.70. The molecule has 1 amide bonds. The summed E-state index contributed by atoms with van der Waals surface area (Å²) in [5, 5.41) is 7.55. The molecule has 8 heteroatoms. The fourth-order valence-electron chi connectivity index (χ4n) is 3.31. The van der Waals surface area contributed by atoms with Crippen molar-refractivity contribution in [2.45, 2.75) is 12.2 Å². The van der Waals surface area contributed by atoms with Crippen molar-refractivity contribution < 1.29 is 14.3 Å². The van der Waals surface area contributed by atoms with E-state index in [-0.39, 0.29) is 11.2 Å². The molecular weight excluding hydrogens is 376 g/mol. The standard InChI is InChI=1S/C20H20N4O3S/c1-12-18-19(14-8-7-13(26-2)10-15(14)27-3)28-11-17(25)22-20(18)24(23-12)16-6-4-5-9-21-16/h4-10,19H,11H2,1-3H3,(H,22,25)/t19-/m0/s1. The molecule has 1 aliphatic rings. The fourth-order valence-corrected chi connectivity index (χ4v) is 4.52. The van der Waals surface area contributed by atoms with Crippen molar-refractivity contribution >= 4 is 23.5 Å². The van der Waals surface area contributed by atoms with Crippen molar-refractivity contribution in [2.75, 3.05) is 25.3 Å². The Bertz CT molecular complexity index is 1020. The van der Waals surface area contributed by atoms with Gasteiger partial charge in [-0.3, -0.25) is 4.79 Å². The van der Waals surface area contributed by atoms with E-state index in [1.807, 2.05) is 43.3 Å². The number of nitrogens with zero attached hydrogens (tertiary/aromatic N) is 3. The van der Waals surface area contributed by atoms with Crippen molar-refractivity contribution in [3.8, 4) is 17.3 Å². The number of ether oxygens (including phenoxy) is 2. The van der Waals surface area contributed by atoms with E-state index in [2.05, 4.69) is 15.4 Å². The molecule has 0 saturated heterocycles. The molecule has 2 aromatic heterocycles. The number of amides is 1. The Balaban J connectivity index is 1.89. The highest BCUT2D eigenvalue weighted by Gasteiger charge is 2.32. The van der Waals surface area contributed by atoms with Crippen molar-refractivity contribution in [3.63, 3.8) is 0 Å². The summed E-state index contributed by atoms with van der Waals surface area (Å²) in [4.78, 5) is 16.8. The average Bonchev–Trinajstić information content (AvgIpc) is 2.93. The number of carbonyl (C=O) groups is 1. The third-order valence-electron chi connectivity index (χ3n) is 4.60. The number of pyridine rings is 1. The number of hydrogen-bond donors (Lipinski definition) is 1. The van der Waals surface area contributed by atoms with E-state index < -0.39 is 0 Å². The highest BCUT2D eigenvalue weighted by molar-refractivity contribution is 8.00. The molecule has 144 valence electrons. The van der Waals surface area contributed by atoms with E-state index in [4.69, 9.17) is 9.47 Å². The zero-order valence-electron chi connectivity index (χ0n) is 15.8. The van der Waals surface area contributed by atoms with Crippen molar-refractivity contribution in [1.29, 1.82) is 0 Å². The van der Waals surface area contributed by atoms with Gasteiger partial charge in [0.05, 0.1) is 30.9 Å². The predicted octanol–water partition coefficient (Wildman–Crippen LogP) is 3.37. The number of fused-ring (bicyclic) bond motifs is 1. The lowest BCUT2D eigenvalue weighted by Crippen LogP contribution is -2.16. The maximum absolute atomic E-state index is 12.4. The minimum Gasteiger partial charge on any atom is -0.497 e. The van der Waals surface area contributed by atoms with E-state index in [1.54, 1.807) is 36.9 Å². The number of carbonyl (C=O) groups excluding carboxylic acids is 1. The summed E-state index contributed by atoms with van der Waals surface area (Å²) in [6.45, 7) is 1.94. The van der Waals surface area contributed by atoms with E-state index in [9.17, 15) is 4.79 Å². The first-order valence-electron chi connectivity index (χ1n) is 8.76. The molecule has 0 fully saturated rings. The van der Waals surface area contributed by atoms with Gasteiger partial charge in [-0.05, 0) is 25.1 Å². The maximum Gasteiger partial charge on any atom is 0.235 e. The Hall–Kier alpha value is -3.00. The molecule has 0 spiro atoms. The van der Waals surface area contributed by atoms with Gasteiger partial charge < -0.3 is 14.8 Å². The Morgan fingerprint density at radius 2 is 2.07 bits per heavy atom. The number of hydrogen-bond acceptors (Lipinski definition) is 6. The van der Waals surface area contributed by atoms with Crippen molar-refractivity contribution in [1.82, 2.24) is 14.8 Å². The number of anilines is 1. The first kappa shape index (κ1) is 18.4. The third kappa shape index (κ3) is 3.20. The molecule has 1 N–H and O–H groups in total.